The Morgan fingerprint density at radius 1 is 0.327 bits per heavy atom. The van der Waals surface area contributed by atoms with Crippen molar-refractivity contribution in [2.24, 2.45) is 0 Å². The highest BCUT2D eigenvalue weighted by Gasteiger charge is 2.23. The number of thiophene rings is 1. The summed E-state index contributed by atoms with van der Waals surface area (Å²) in [6.07, 6.45) is 0. The smallest absolute Gasteiger partial charge is 0.165 e. The van der Waals surface area contributed by atoms with Crippen molar-refractivity contribution in [3.8, 4) is 34.2 Å². The first kappa shape index (κ1) is 30.5. The molecule has 254 valence electrons. The normalized spacial score (nSPS) is 12.0. The molecule has 0 radical (unpaired) electrons. The minimum Gasteiger partial charge on any atom is -0.208 e. The van der Waals surface area contributed by atoms with Crippen LogP contribution in [-0.2, 0) is 0 Å². The van der Waals surface area contributed by atoms with Gasteiger partial charge in [-0.3, -0.25) is 0 Å². The summed E-state index contributed by atoms with van der Waals surface area (Å²) in [5.41, 5.74) is 2.98. The maximum Gasteiger partial charge on any atom is 0.165 e. The van der Waals surface area contributed by atoms with Gasteiger partial charge in [0.2, 0.25) is 0 Å². The zero-order valence-corrected chi connectivity index (χ0v) is 30.3. The number of hydrogen-bond acceptors (Lipinski definition) is 4. The SMILES string of the molecule is c1ccc(-c2nc(-c3cc4ccccc4c4ccccc34)nc(-c3c4ccccc4cc4sc5c(ccc6c7ccccc7c7ccccc7c65)c34)n2)cc1. The molecule has 0 aliphatic rings. The van der Waals surface area contributed by atoms with Gasteiger partial charge >= 0.3 is 0 Å². The van der Waals surface area contributed by atoms with Gasteiger partial charge in [-0.1, -0.05) is 164 Å². The van der Waals surface area contributed by atoms with Crippen molar-refractivity contribution >= 4 is 96.1 Å². The molecule has 0 aliphatic heterocycles. The van der Waals surface area contributed by atoms with Gasteiger partial charge in [0.25, 0.3) is 0 Å². The van der Waals surface area contributed by atoms with Crippen LogP contribution in [0.15, 0.2) is 176 Å². The Bertz CT molecular complexity index is 3510. The summed E-state index contributed by atoms with van der Waals surface area (Å²) in [7, 11) is 0. The monoisotopic (exact) mass is 715 g/mol. The molecular formula is C51H29N3S. The fraction of sp³-hybridized carbons (Fsp3) is 0. The molecule has 0 aliphatic carbocycles. The van der Waals surface area contributed by atoms with Gasteiger partial charge in [-0.15, -0.1) is 11.3 Å². The summed E-state index contributed by atoms with van der Waals surface area (Å²) in [6, 6.07) is 63.0. The molecule has 10 aromatic carbocycles. The molecule has 0 saturated heterocycles. The lowest BCUT2D eigenvalue weighted by molar-refractivity contribution is 1.08. The van der Waals surface area contributed by atoms with Crippen molar-refractivity contribution in [1.82, 2.24) is 15.0 Å². The number of nitrogens with zero attached hydrogens (tertiary/aromatic N) is 3. The lowest BCUT2D eigenvalue weighted by Gasteiger charge is -2.14. The van der Waals surface area contributed by atoms with E-state index in [-0.39, 0.29) is 0 Å². The predicted octanol–water partition coefficient (Wildman–Crippen LogP) is 14.2. The van der Waals surface area contributed by atoms with Crippen molar-refractivity contribution in [1.29, 1.82) is 0 Å². The van der Waals surface area contributed by atoms with Crippen molar-refractivity contribution in [3.63, 3.8) is 0 Å². The zero-order chi connectivity index (χ0) is 36.0. The molecule has 12 rings (SSSR count). The highest BCUT2D eigenvalue weighted by Crippen LogP contribution is 2.48. The van der Waals surface area contributed by atoms with E-state index in [0.717, 1.165) is 38.2 Å². The maximum atomic E-state index is 5.48. The molecule has 2 heterocycles. The van der Waals surface area contributed by atoms with E-state index in [0.29, 0.717) is 17.5 Å². The highest BCUT2D eigenvalue weighted by atomic mass is 32.1. The lowest BCUT2D eigenvalue weighted by Crippen LogP contribution is -2.01. The van der Waals surface area contributed by atoms with Gasteiger partial charge in [0.15, 0.2) is 17.5 Å². The average molecular weight is 716 g/mol. The second kappa shape index (κ2) is 11.7. The molecule has 0 unspecified atom stereocenters. The van der Waals surface area contributed by atoms with Gasteiger partial charge in [-0.2, -0.15) is 0 Å². The summed E-state index contributed by atoms with van der Waals surface area (Å²) < 4.78 is 2.50. The van der Waals surface area contributed by atoms with Gasteiger partial charge < -0.3 is 0 Å². The second-order valence-electron chi connectivity index (χ2n) is 14.3. The van der Waals surface area contributed by atoms with E-state index < -0.39 is 0 Å². The molecular weight excluding hydrogens is 687 g/mol. The van der Waals surface area contributed by atoms with Crippen molar-refractivity contribution in [3.05, 3.63) is 176 Å². The Morgan fingerprint density at radius 3 is 1.55 bits per heavy atom. The lowest BCUT2D eigenvalue weighted by atomic mass is 9.92. The van der Waals surface area contributed by atoms with Crippen LogP contribution in [0.2, 0.25) is 0 Å². The molecule has 55 heavy (non-hydrogen) atoms. The number of hydrogen-bond donors (Lipinski definition) is 0. The number of benzene rings is 10. The molecule has 0 saturated carbocycles. The van der Waals surface area contributed by atoms with Gasteiger partial charge in [0.1, 0.15) is 0 Å². The van der Waals surface area contributed by atoms with E-state index >= 15 is 0 Å². The minimum absolute atomic E-state index is 0.654. The average Bonchev–Trinajstić information content (AvgIpc) is 3.63. The van der Waals surface area contributed by atoms with Crippen LogP contribution in [0.25, 0.3) is 119 Å². The highest BCUT2D eigenvalue weighted by molar-refractivity contribution is 7.27. The third kappa shape index (κ3) is 4.52. The molecule has 0 atom stereocenters. The molecule has 0 bridgehead atoms. The van der Waals surface area contributed by atoms with Gasteiger partial charge in [-0.05, 0) is 71.4 Å². The fourth-order valence-corrected chi connectivity index (χ4v) is 10.2. The fourth-order valence-electron chi connectivity index (χ4n) is 8.84. The van der Waals surface area contributed by atoms with Crippen molar-refractivity contribution in [2.75, 3.05) is 0 Å². The Kier molecular flexibility index (Phi) is 6.50. The van der Waals surface area contributed by atoms with Crippen LogP contribution < -0.4 is 0 Å². The van der Waals surface area contributed by atoms with Crippen LogP contribution in [0.5, 0.6) is 0 Å². The van der Waals surface area contributed by atoms with Crippen LogP contribution in [0.4, 0.5) is 0 Å². The van der Waals surface area contributed by atoms with E-state index in [9.17, 15) is 0 Å². The predicted molar refractivity (Wildman–Crippen MR) is 234 cm³/mol. The molecule has 0 amide bonds. The molecule has 3 nitrogen and oxygen atoms in total. The first-order valence-corrected chi connectivity index (χ1v) is 19.4. The van der Waals surface area contributed by atoms with E-state index in [1.165, 1.54) is 63.3 Å². The minimum atomic E-state index is 0.654. The topological polar surface area (TPSA) is 38.7 Å². The van der Waals surface area contributed by atoms with Crippen LogP contribution >= 0.6 is 11.3 Å². The maximum absolute atomic E-state index is 5.48. The zero-order valence-electron chi connectivity index (χ0n) is 29.5. The number of fused-ring (bicyclic) bond motifs is 14. The van der Waals surface area contributed by atoms with Crippen LogP contribution in [-0.4, -0.2) is 15.0 Å². The number of rotatable bonds is 3. The molecule has 4 heteroatoms. The quantitative estimate of drug-likeness (QED) is 0.171. The molecule has 2 aromatic heterocycles. The van der Waals surface area contributed by atoms with Gasteiger partial charge in [-0.25, -0.2) is 15.0 Å². The molecule has 12 aromatic rings. The summed E-state index contributed by atoms with van der Waals surface area (Å²) in [5.74, 6) is 1.99. The van der Waals surface area contributed by atoms with Gasteiger partial charge in [0.05, 0.1) is 0 Å². The Morgan fingerprint density at radius 2 is 0.818 bits per heavy atom. The van der Waals surface area contributed by atoms with Crippen molar-refractivity contribution in [2.45, 2.75) is 0 Å². The van der Waals surface area contributed by atoms with E-state index in [1.54, 1.807) is 0 Å². The third-order valence-electron chi connectivity index (χ3n) is 11.3. The van der Waals surface area contributed by atoms with E-state index in [1.807, 2.05) is 29.5 Å². The summed E-state index contributed by atoms with van der Waals surface area (Å²) in [5, 5.41) is 17.0. The van der Waals surface area contributed by atoms with E-state index in [4.69, 9.17) is 15.0 Å². The largest absolute Gasteiger partial charge is 0.208 e. The summed E-state index contributed by atoms with van der Waals surface area (Å²) in [4.78, 5) is 16.1. The third-order valence-corrected chi connectivity index (χ3v) is 12.4. The van der Waals surface area contributed by atoms with Gasteiger partial charge in [0, 0.05) is 42.2 Å². The summed E-state index contributed by atoms with van der Waals surface area (Å²) >= 11 is 1.87. The van der Waals surface area contributed by atoms with Crippen LogP contribution in [0.1, 0.15) is 0 Å². The van der Waals surface area contributed by atoms with Crippen LogP contribution in [0, 0.1) is 0 Å². The Labute approximate surface area is 319 Å². The Hall–Kier alpha value is -7.01. The van der Waals surface area contributed by atoms with E-state index in [2.05, 4.69) is 158 Å². The van der Waals surface area contributed by atoms with Crippen LogP contribution in [0.3, 0.4) is 0 Å². The summed E-state index contributed by atoms with van der Waals surface area (Å²) in [6.45, 7) is 0. The number of aromatic nitrogens is 3. The standard InChI is InChI=1S/C51H29N3S/c1-2-14-30(15-3-1)49-52-50(43-28-31-16-4-6-18-33(31)35-20-8-11-24-39(35)43)54-51(53-49)47-34-19-7-5-17-32(34)29-44-46(47)42-27-26-41-38-23-10-9-21-36(38)37-22-12-13-25-40(37)45(41)48(42)55-44/h1-29H. The Balaban J connectivity index is 1.23. The first-order chi connectivity index (χ1) is 27.3. The first-order valence-electron chi connectivity index (χ1n) is 18.6. The molecule has 0 N–H and O–H groups in total. The van der Waals surface area contributed by atoms with Crippen molar-refractivity contribution < 1.29 is 0 Å². The molecule has 0 fully saturated rings. The molecule has 0 spiro atoms. The second-order valence-corrected chi connectivity index (χ2v) is 15.3.